The quantitative estimate of drug-likeness (QED) is 0.722. The summed E-state index contributed by atoms with van der Waals surface area (Å²) in [4.78, 5) is 27.7. The minimum atomic E-state index is -1.04. The largest absolute Gasteiger partial charge is 0.480 e. The number of hydrogen-bond acceptors (Lipinski definition) is 5. The van der Waals surface area contributed by atoms with Crippen LogP contribution in [0.1, 0.15) is 48.9 Å². The van der Waals surface area contributed by atoms with Crippen LogP contribution in [0, 0.1) is 0 Å². The summed E-state index contributed by atoms with van der Waals surface area (Å²) in [5.74, 6) is 0.408. The Morgan fingerprint density at radius 3 is 2.72 bits per heavy atom. The molecular weight excluding hydrogens is 322 g/mol. The van der Waals surface area contributed by atoms with Crippen LogP contribution in [0.3, 0.4) is 0 Å². The molecule has 7 heteroatoms. The van der Waals surface area contributed by atoms with E-state index in [-0.39, 0.29) is 18.7 Å². The molecule has 2 aromatic rings. The summed E-state index contributed by atoms with van der Waals surface area (Å²) in [5, 5.41) is 15.8. The highest BCUT2D eigenvalue weighted by molar-refractivity contribution is 5.83. The van der Waals surface area contributed by atoms with Crippen molar-refractivity contribution in [3.8, 4) is 0 Å². The van der Waals surface area contributed by atoms with E-state index in [4.69, 9.17) is 4.52 Å². The molecule has 132 valence electrons. The summed E-state index contributed by atoms with van der Waals surface area (Å²) in [6.45, 7) is 0. The number of nitrogens with zero attached hydrogens (tertiary/aromatic N) is 2. The molecule has 25 heavy (non-hydrogen) atoms. The lowest BCUT2D eigenvalue weighted by atomic mass is 10.1. The average molecular weight is 343 g/mol. The zero-order chi connectivity index (χ0) is 17.6. The van der Waals surface area contributed by atoms with Crippen molar-refractivity contribution >= 4 is 11.9 Å². The first-order chi connectivity index (χ1) is 12.1. The third-order valence-corrected chi connectivity index (χ3v) is 4.14. The number of hydrogen-bond donors (Lipinski definition) is 2. The highest BCUT2D eigenvalue weighted by Crippen LogP contribution is 2.38. The van der Waals surface area contributed by atoms with E-state index in [0.717, 1.165) is 24.2 Å². The van der Waals surface area contributed by atoms with E-state index >= 15 is 0 Å². The van der Waals surface area contributed by atoms with E-state index < -0.39 is 12.0 Å². The van der Waals surface area contributed by atoms with E-state index in [1.807, 2.05) is 30.3 Å². The molecule has 0 saturated heterocycles. The van der Waals surface area contributed by atoms with Gasteiger partial charge in [0, 0.05) is 25.2 Å². The van der Waals surface area contributed by atoms with Crippen molar-refractivity contribution in [3.05, 3.63) is 47.6 Å². The van der Waals surface area contributed by atoms with Gasteiger partial charge in [-0.15, -0.1) is 0 Å². The van der Waals surface area contributed by atoms with Crippen molar-refractivity contribution < 1.29 is 19.2 Å². The fraction of sp³-hybridized carbons (Fsp3) is 0.444. The molecule has 1 unspecified atom stereocenters. The molecular formula is C18H21N3O4. The number of carbonyl (C=O) groups excluding carboxylic acids is 1. The molecule has 0 spiro atoms. The van der Waals surface area contributed by atoms with E-state index in [1.165, 1.54) is 0 Å². The smallest absolute Gasteiger partial charge is 0.326 e. The first-order valence-electron chi connectivity index (χ1n) is 8.50. The summed E-state index contributed by atoms with van der Waals surface area (Å²) in [7, 11) is 0. The Bertz CT molecular complexity index is 725. The summed E-state index contributed by atoms with van der Waals surface area (Å²) in [6, 6.07) is 8.31. The topological polar surface area (TPSA) is 105 Å². The lowest BCUT2D eigenvalue weighted by Crippen LogP contribution is -2.42. The van der Waals surface area contributed by atoms with Crippen molar-refractivity contribution in [1.29, 1.82) is 0 Å². The van der Waals surface area contributed by atoms with Gasteiger partial charge < -0.3 is 14.9 Å². The second kappa shape index (κ2) is 7.92. The molecule has 1 fully saturated rings. The van der Waals surface area contributed by atoms with Crippen LogP contribution in [0.4, 0.5) is 0 Å². The predicted octanol–water partition coefficient (Wildman–Crippen LogP) is 2.08. The molecule has 0 aliphatic heterocycles. The molecule has 1 amide bonds. The maximum Gasteiger partial charge on any atom is 0.326 e. The molecule has 0 radical (unpaired) electrons. The lowest BCUT2D eigenvalue weighted by molar-refractivity contribution is -0.141. The number of rotatable bonds is 9. The molecule has 3 rings (SSSR count). The van der Waals surface area contributed by atoms with Gasteiger partial charge in [0.05, 0.1) is 0 Å². The molecule has 7 nitrogen and oxygen atoms in total. The number of aliphatic carboxylic acids is 1. The standard InChI is InChI=1S/C18H21N3O4/c22-15(7-4-8-16-20-17(21-25-16)13-9-10-13)19-14(18(23)24)11-12-5-2-1-3-6-12/h1-3,5-6,13-14H,4,7-11H2,(H,19,22)(H,23,24). The number of amides is 1. The third kappa shape index (κ3) is 5.14. The molecule has 1 aromatic heterocycles. The fourth-order valence-electron chi connectivity index (χ4n) is 2.59. The van der Waals surface area contributed by atoms with Crippen LogP contribution < -0.4 is 5.32 Å². The van der Waals surface area contributed by atoms with Crippen molar-refractivity contribution in [2.45, 2.75) is 50.5 Å². The summed E-state index contributed by atoms with van der Waals surface area (Å²) >= 11 is 0. The molecule has 0 bridgehead atoms. The van der Waals surface area contributed by atoms with E-state index in [1.54, 1.807) is 0 Å². The number of nitrogens with one attached hydrogen (secondary N) is 1. The maximum atomic E-state index is 12.0. The van der Waals surface area contributed by atoms with Crippen LogP contribution in [0.2, 0.25) is 0 Å². The van der Waals surface area contributed by atoms with Gasteiger partial charge in [-0.2, -0.15) is 4.98 Å². The Morgan fingerprint density at radius 1 is 1.28 bits per heavy atom. The second-order valence-electron chi connectivity index (χ2n) is 6.32. The summed E-state index contributed by atoms with van der Waals surface area (Å²) < 4.78 is 5.16. The Balaban J connectivity index is 1.43. The first kappa shape index (κ1) is 17.1. The van der Waals surface area contributed by atoms with Gasteiger partial charge in [-0.1, -0.05) is 35.5 Å². The van der Waals surface area contributed by atoms with Crippen LogP contribution in [0.15, 0.2) is 34.9 Å². The zero-order valence-electron chi connectivity index (χ0n) is 13.9. The van der Waals surface area contributed by atoms with Gasteiger partial charge in [0.25, 0.3) is 0 Å². The van der Waals surface area contributed by atoms with E-state index in [2.05, 4.69) is 15.5 Å². The fourth-order valence-corrected chi connectivity index (χ4v) is 2.59. The highest BCUT2D eigenvalue weighted by Gasteiger charge is 2.28. The lowest BCUT2D eigenvalue weighted by Gasteiger charge is -2.14. The van der Waals surface area contributed by atoms with Crippen LogP contribution in [0.5, 0.6) is 0 Å². The van der Waals surface area contributed by atoms with Gasteiger partial charge in [0.2, 0.25) is 11.8 Å². The van der Waals surface area contributed by atoms with Gasteiger partial charge in [0.1, 0.15) is 6.04 Å². The van der Waals surface area contributed by atoms with E-state index in [0.29, 0.717) is 24.7 Å². The monoisotopic (exact) mass is 343 g/mol. The van der Waals surface area contributed by atoms with Crippen LogP contribution in [-0.2, 0) is 22.4 Å². The minimum absolute atomic E-state index is 0.222. The van der Waals surface area contributed by atoms with Gasteiger partial charge >= 0.3 is 5.97 Å². The highest BCUT2D eigenvalue weighted by atomic mass is 16.5. The summed E-state index contributed by atoms with van der Waals surface area (Å²) in [5.41, 5.74) is 0.869. The zero-order valence-corrected chi connectivity index (χ0v) is 13.9. The van der Waals surface area contributed by atoms with Gasteiger partial charge in [-0.3, -0.25) is 4.79 Å². The molecule has 1 heterocycles. The number of aromatic nitrogens is 2. The van der Waals surface area contributed by atoms with E-state index in [9.17, 15) is 14.7 Å². The Labute approximate surface area is 145 Å². The number of carboxylic acids is 1. The molecule has 1 saturated carbocycles. The number of carboxylic acid groups (broad SMARTS) is 1. The first-order valence-corrected chi connectivity index (χ1v) is 8.50. The average Bonchev–Trinajstić information content (AvgIpc) is 3.34. The van der Waals surface area contributed by atoms with Crippen molar-refractivity contribution in [1.82, 2.24) is 15.5 Å². The van der Waals surface area contributed by atoms with Crippen LogP contribution in [0.25, 0.3) is 0 Å². The van der Waals surface area contributed by atoms with Crippen LogP contribution in [-0.4, -0.2) is 33.2 Å². The SMILES string of the molecule is O=C(CCCc1nc(C2CC2)no1)NC(Cc1ccccc1)C(=O)O. The summed E-state index contributed by atoms with van der Waals surface area (Å²) in [6.07, 6.45) is 3.76. The molecule has 1 aliphatic rings. The Morgan fingerprint density at radius 2 is 2.04 bits per heavy atom. The second-order valence-corrected chi connectivity index (χ2v) is 6.32. The minimum Gasteiger partial charge on any atom is -0.480 e. The normalized spacial score (nSPS) is 14.9. The number of aryl methyl sites for hydroxylation is 1. The molecule has 1 aliphatic carbocycles. The Kier molecular flexibility index (Phi) is 5.42. The van der Waals surface area contributed by atoms with Crippen molar-refractivity contribution in [2.24, 2.45) is 0 Å². The molecule has 1 aromatic carbocycles. The third-order valence-electron chi connectivity index (χ3n) is 4.14. The number of carbonyl (C=O) groups is 2. The molecule has 2 N–H and O–H groups in total. The van der Waals surface area contributed by atoms with Gasteiger partial charge in [-0.05, 0) is 24.8 Å². The van der Waals surface area contributed by atoms with Crippen molar-refractivity contribution in [3.63, 3.8) is 0 Å². The van der Waals surface area contributed by atoms with Gasteiger partial charge in [-0.25, -0.2) is 4.79 Å². The Hall–Kier alpha value is -2.70. The predicted molar refractivity (Wildman–Crippen MR) is 88.9 cm³/mol. The van der Waals surface area contributed by atoms with Crippen LogP contribution >= 0.6 is 0 Å². The van der Waals surface area contributed by atoms with Crippen molar-refractivity contribution in [2.75, 3.05) is 0 Å². The number of benzene rings is 1. The molecule has 1 atom stereocenters. The van der Waals surface area contributed by atoms with Gasteiger partial charge in [0.15, 0.2) is 5.82 Å². The maximum absolute atomic E-state index is 12.0.